The fraction of sp³-hybridized carbons (Fsp3) is 0.647. The van der Waals surface area contributed by atoms with E-state index in [0.29, 0.717) is 19.6 Å². The van der Waals surface area contributed by atoms with Crippen LogP contribution in [-0.2, 0) is 16.1 Å². The Hall–Kier alpha value is -1.86. The molecule has 2 fully saturated rings. The SMILES string of the molecule is O=C(CN1CCN(CC(=O)N2CCCC2)CC1)NCc1ccco1. The van der Waals surface area contributed by atoms with Gasteiger partial charge in [0.2, 0.25) is 11.8 Å². The van der Waals surface area contributed by atoms with E-state index in [0.717, 1.165) is 57.9 Å². The number of piperazine rings is 1. The predicted octanol–water partition coefficient (Wildman–Crippen LogP) is 0.136. The summed E-state index contributed by atoms with van der Waals surface area (Å²) in [6, 6.07) is 3.65. The minimum absolute atomic E-state index is 0.00740. The first kappa shape index (κ1) is 17.0. The number of hydrogen-bond acceptors (Lipinski definition) is 5. The molecule has 0 saturated carbocycles. The molecule has 2 amide bonds. The topological polar surface area (TPSA) is 69.0 Å². The predicted molar refractivity (Wildman–Crippen MR) is 89.2 cm³/mol. The summed E-state index contributed by atoms with van der Waals surface area (Å²) in [6.45, 7) is 6.48. The summed E-state index contributed by atoms with van der Waals surface area (Å²) < 4.78 is 5.20. The Morgan fingerprint density at radius 3 is 2.29 bits per heavy atom. The molecule has 7 nitrogen and oxygen atoms in total. The molecule has 7 heteroatoms. The summed E-state index contributed by atoms with van der Waals surface area (Å²) in [4.78, 5) is 30.4. The molecule has 0 aliphatic carbocycles. The summed E-state index contributed by atoms with van der Waals surface area (Å²) in [5.74, 6) is 1.01. The standard InChI is InChI=1S/C17H26N4O3/c22-16(18-12-15-4-3-11-24-15)13-19-7-9-20(10-8-19)14-17(23)21-5-1-2-6-21/h3-4,11H,1-2,5-10,12-14H2,(H,18,22). The van der Waals surface area contributed by atoms with E-state index in [-0.39, 0.29) is 11.8 Å². The first-order chi connectivity index (χ1) is 11.7. The maximum Gasteiger partial charge on any atom is 0.236 e. The Kier molecular flexibility index (Phi) is 5.87. The molecule has 132 valence electrons. The second-order valence-corrected chi connectivity index (χ2v) is 6.50. The van der Waals surface area contributed by atoms with Crippen molar-refractivity contribution in [1.82, 2.24) is 20.0 Å². The highest BCUT2D eigenvalue weighted by Gasteiger charge is 2.24. The molecule has 0 atom stereocenters. The van der Waals surface area contributed by atoms with Crippen LogP contribution in [0.2, 0.25) is 0 Å². The van der Waals surface area contributed by atoms with E-state index in [1.165, 1.54) is 0 Å². The first-order valence-corrected chi connectivity index (χ1v) is 8.72. The van der Waals surface area contributed by atoms with E-state index in [1.807, 2.05) is 17.0 Å². The maximum atomic E-state index is 12.2. The Labute approximate surface area is 142 Å². The summed E-state index contributed by atoms with van der Waals surface area (Å²) in [7, 11) is 0. The zero-order chi connectivity index (χ0) is 16.8. The number of likely N-dealkylation sites (tertiary alicyclic amines) is 1. The van der Waals surface area contributed by atoms with Crippen LogP contribution in [0.4, 0.5) is 0 Å². The highest BCUT2D eigenvalue weighted by Crippen LogP contribution is 2.09. The molecule has 24 heavy (non-hydrogen) atoms. The van der Waals surface area contributed by atoms with Gasteiger partial charge in [0.05, 0.1) is 25.9 Å². The second kappa shape index (κ2) is 8.30. The van der Waals surface area contributed by atoms with Crippen molar-refractivity contribution in [3.05, 3.63) is 24.2 Å². The highest BCUT2D eigenvalue weighted by molar-refractivity contribution is 5.78. The summed E-state index contributed by atoms with van der Waals surface area (Å²) in [5.41, 5.74) is 0. The minimum Gasteiger partial charge on any atom is -0.467 e. The Morgan fingerprint density at radius 2 is 1.67 bits per heavy atom. The third kappa shape index (κ3) is 4.82. The number of carbonyl (C=O) groups is 2. The molecule has 0 aromatic carbocycles. The smallest absolute Gasteiger partial charge is 0.236 e. The lowest BCUT2D eigenvalue weighted by Gasteiger charge is -2.34. The van der Waals surface area contributed by atoms with Crippen LogP contribution >= 0.6 is 0 Å². The van der Waals surface area contributed by atoms with Gasteiger partial charge in [-0.05, 0) is 25.0 Å². The number of carbonyl (C=O) groups excluding carboxylic acids is 2. The van der Waals surface area contributed by atoms with Gasteiger partial charge in [0, 0.05) is 39.3 Å². The van der Waals surface area contributed by atoms with E-state index in [2.05, 4.69) is 15.1 Å². The van der Waals surface area contributed by atoms with E-state index in [4.69, 9.17) is 4.42 Å². The van der Waals surface area contributed by atoms with Gasteiger partial charge in [-0.2, -0.15) is 0 Å². The summed E-state index contributed by atoms with van der Waals surface area (Å²) >= 11 is 0. The van der Waals surface area contributed by atoms with Gasteiger partial charge in [-0.1, -0.05) is 0 Å². The first-order valence-electron chi connectivity index (χ1n) is 8.72. The van der Waals surface area contributed by atoms with Crippen LogP contribution in [0.25, 0.3) is 0 Å². The fourth-order valence-corrected chi connectivity index (χ4v) is 3.22. The van der Waals surface area contributed by atoms with Gasteiger partial charge in [0.15, 0.2) is 0 Å². The quantitative estimate of drug-likeness (QED) is 0.801. The van der Waals surface area contributed by atoms with Gasteiger partial charge >= 0.3 is 0 Å². The Morgan fingerprint density at radius 1 is 1.00 bits per heavy atom. The van der Waals surface area contributed by atoms with Crippen molar-refractivity contribution in [1.29, 1.82) is 0 Å². The number of hydrogen-bond donors (Lipinski definition) is 1. The minimum atomic E-state index is 0.00740. The number of furan rings is 1. The summed E-state index contributed by atoms with van der Waals surface area (Å²) in [5, 5.41) is 2.86. The number of nitrogens with one attached hydrogen (secondary N) is 1. The average molecular weight is 334 g/mol. The van der Waals surface area contributed by atoms with E-state index in [9.17, 15) is 9.59 Å². The van der Waals surface area contributed by atoms with Crippen LogP contribution in [0.5, 0.6) is 0 Å². The lowest BCUT2D eigenvalue weighted by Crippen LogP contribution is -2.51. The van der Waals surface area contributed by atoms with Gasteiger partial charge < -0.3 is 14.6 Å². The molecule has 3 heterocycles. The zero-order valence-corrected chi connectivity index (χ0v) is 14.1. The van der Waals surface area contributed by atoms with Crippen LogP contribution in [-0.4, -0.2) is 78.9 Å². The third-order valence-electron chi connectivity index (χ3n) is 4.69. The van der Waals surface area contributed by atoms with Crippen LogP contribution < -0.4 is 5.32 Å². The molecule has 0 unspecified atom stereocenters. The Balaban J connectivity index is 1.32. The van der Waals surface area contributed by atoms with E-state index in [1.54, 1.807) is 6.26 Å². The molecule has 1 aromatic rings. The average Bonchev–Trinajstić information content (AvgIpc) is 3.28. The lowest BCUT2D eigenvalue weighted by molar-refractivity contribution is -0.132. The molecule has 3 rings (SSSR count). The number of nitrogens with zero attached hydrogens (tertiary/aromatic N) is 3. The monoisotopic (exact) mass is 334 g/mol. The number of amides is 2. The van der Waals surface area contributed by atoms with Crippen molar-refractivity contribution < 1.29 is 14.0 Å². The van der Waals surface area contributed by atoms with Crippen molar-refractivity contribution in [2.24, 2.45) is 0 Å². The third-order valence-corrected chi connectivity index (χ3v) is 4.69. The molecule has 0 spiro atoms. The largest absolute Gasteiger partial charge is 0.467 e. The van der Waals surface area contributed by atoms with Crippen molar-refractivity contribution in [2.75, 3.05) is 52.4 Å². The van der Waals surface area contributed by atoms with Crippen molar-refractivity contribution in [3.63, 3.8) is 0 Å². The van der Waals surface area contributed by atoms with Crippen molar-refractivity contribution in [2.45, 2.75) is 19.4 Å². The molecule has 2 aliphatic heterocycles. The van der Waals surface area contributed by atoms with Gasteiger partial charge in [0.25, 0.3) is 0 Å². The second-order valence-electron chi connectivity index (χ2n) is 6.50. The molecule has 2 saturated heterocycles. The van der Waals surface area contributed by atoms with Gasteiger partial charge in [-0.15, -0.1) is 0 Å². The fourth-order valence-electron chi connectivity index (χ4n) is 3.22. The molecule has 1 N–H and O–H groups in total. The van der Waals surface area contributed by atoms with E-state index < -0.39 is 0 Å². The molecular weight excluding hydrogens is 308 g/mol. The van der Waals surface area contributed by atoms with Crippen LogP contribution in [0.1, 0.15) is 18.6 Å². The van der Waals surface area contributed by atoms with Crippen LogP contribution in [0.15, 0.2) is 22.8 Å². The molecule has 1 aromatic heterocycles. The lowest BCUT2D eigenvalue weighted by atomic mass is 10.3. The van der Waals surface area contributed by atoms with Crippen LogP contribution in [0.3, 0.4) is 0 Å². The normalized spacial score (nSPS) is 19.6. The molecule has 0 radical (unpaired) electrons. The molecular formula is C17H26N4O3. The van der Waals surface area contributed by atoms with Crippen molar-refractivity contribution in [3.8, 4) is 0 Å². The summed E-state index contributed by atoms with van der Waals surface area (Å²) in [6.07, 6.45) is 3.86. The highest BCUT2D eigenvalue weighted by atomic mass is 16.3. The number of rotatable bonds is 6. The van der Waals surface area contributed by atoms with E-state index >= 15 is 0 Å². The molecule has 0 bridgehead atoms. The zero-order valence-electron chi connectivity index (χ0n) is 14.1. The maximum absolute atomic E-state index is 12.2. The molecule has 2 aliphatic rings. The van der Waals surface area contributed by atoms with Gasteiger partial charge in [-0.25, -0.2) is 0 Å². The van der Waals surface area contributed by atoms with Crippen LogP contribution in [0, 0.1) is 0 Å². The Bertz CT molecular complexity index is 532. The van der Waals surface area contributed by atoms with Crippen molar-refractivity contribution >= 4 is 11.8 Å². The van der Waals surface area contributed by atoms with Gasteiger partial charge in [0.1, 0.15) is 5.76 Å². The van der Waals surface area contributed by atoms with Gasteiger partial charge in [-0.3, -0.25) is 19.4 Å².